The molecule has 1 fully saturated rings. The lowest BCUT2D eigenvalue weighted by molar-refractivity contribution is -0.136. The van der Waals surface area contributed by atoms with E-state index < -0.39 is 0 Å². The van der Waals surface area contributed by atoms with Gasteiger partial charge in [-0.15, -0.1) is 0 Å². The van der Waals surface area contributed by atoms with Crippen LogP contribution in [0.3, 0.4) is 0 Å². The Morgan fingerprint density at radius 3 is 2.68 bits per heavy atom. The third-order valence-electron chi connectivity index (χ3n) is 5.40. The van der Waals surface area contributed by atoms with Crippen molar-refractivity contribution in [2.75, 3.05) is 26.7 Å². The van der Waals surface area contributed by atoms with Crippen LogP contribution in [0.15, 0.2) is 42.5 Å². The number of nitrogens with zero attached hydrogens (tertiary/aromatic N) is 2. The lowest BCUT2D eigenvalue weighted by Crippen LogP contribution is -2.44. The van der Waals surface area contributed by atoms with Gasteiger partial charge in [-0.2, -0.15) is 0 Å². The summed E-state index contributed by atoms with van der Waals surface area (Å²) in [4.78, 5) is 42.8. The van der Waals surface area contributed by atoms with E-state index in [0.717, 1.165) is 5.56 Å². The van der Waals surface area contributed by atoms with Crippen LogP contribution in [-0.4, -0.2) is 60.3 Å². The Morgan fingerprint density at radius 1 is 1.19 bits per heavy atom. The Bertz CT molecular complexity index is 930. The SMILES string of the molecule is CNC(=O)c1cc(C(=O)CCCC2CN(C(C)=O)CCO2)cc(Cc2ccccc2)n1. The number of ether oxygens (including phenoxy) is 1. The highest BCUT2D eigenvalue weighted by Gasteiger charge is 2.22. The number of aromatic nitrogens is 1. The Morgan fingerprint density at radius 2 is 1.97 bits per heavy atom. The molecule has 0 aliphatic carbocycles. The summed E-state index contributed by atoms with van der Waals surface area (Å²) in [5.74, 6) is -0.293. The van der Waals surface area contributed by atoms with E-state index in [0.29, 0.717) is 56.6 Å². The maximum atomic E-state index is 12.9. The van der Waals surface area contributed by atoms with Crippen molar-refractivity contribution in [3.05, 3.63) is 65.0 Å². The molecule has 1 N–H and O–H groups in total. The number of nitrogens with one attached hydrogen (secondary N) is 1. The predicted octanol–water partition coefficient (Wildman–Crippen LogP) is 2.63. The van der Waals surface area contributed by atoms with Crippen LogP contribution in [0.4, 0.5) is 0 Å². The molecular formula is C24H29N3O4. The average molecular weight is 424 g/mol. The molecule has 0 spiro atoms. The molecule has 2 amide bonds. The van der Waals surface area contributed by atoms with Gasteiger partial charge in [0.1, 0.15) is 5.69 Å². The lowest BCUT2D eigenvalue weighted by atomic mass is 10.0. The highest BCUT2D eigenvalue weighted by Crippen LogP contribution is 2.17. The van der Waals surface area contributed by atoms with Gasteiger partial charge in [-0.1, -0.05) is 30.3 Å². The zero-order chi connectivity index (χ0) is 22.2. The minimum absolute atomic E-state index is 0.0268. The molecule has 31 heavy (non-hydrogen) atoms. The summed E-state index contributed by atoms with van der Waals surface area (Å²) in [5.41, 5.74) is 2.48. The van der Waals surface area contributed by atoms with Crippen LogP contribution in [0.2, 0.25) is 0 Å². The Balaban J connectivity index is 1.65. The Kier molecular flexibility index (Phi) is 7.89. The monoisotopic (exact) mass is 423 g/mol. The molecule has 0 saturated carbocycles. The number of hydrogen-bond donors (Lipinski definition) is 1. The standard InChI is InChI=1S/C24H29N3O4/c1-17(28)27-11-12-31-21(16-27)9-6-10-23(29)19-14-20(13-18-7-4-3-5-8-18)26-22(15-19)24(30)25-2/h3-5,7-8,14-15,21H,6,9-13,16H2,1-2H3,(H,25,30). The number of morpholine rings is 1. The van der Waals surface area contributed by atoms with Crippen molar-refractivity contribution in [1.82, 2.24) is 15.2 Å². The molecular weight excluding hydrogens is 394 g/mol. The fraction of sp³-hybridized carbons (Fsp3) is 0.417. The maximum Gasteiger partial charge on any atom is 0.269 e. The first-order valence-corrected chi connectivity index (χ1v) is 10.6. The second kappa shape index (κ2) is 10.8. The van der Waals surface area contributed by atoms with Crippen LogP contribution < -0.4 is 5.32 Å². The number of benzene rings is 1. The number of rotatable bonds is 8. The highest BCUT2D eigenvalue weighted by molar-refractivity contribution is 5.99. The van der Waals surface area contributed by atoms with Gasteiger partial charge >= 0.3 is 0 Å². The third kappa shape index (κ3) is 6.46. The number of hydrogen-bond acceptors (Lipinski definition) is 5. The van der Waals surface area contributed by atoms with E-state index in [1.54, 1.807) is 31.0 Å². The summed E-state index contributed by atoms with van der Waals surface area (Å²) in [6, 6.07) is 13.2. The molecule has 1 aromatic carbocycles. The van der Waals surface area contributed by atoms with Gasteiger partial charge in [-0.25, -0.2) is 4.98 Å². The molecule has 2 aromatic rings. The van der Waals surface area contributed by atoms with Crippen LogP contribution in [0, 0.1) is 0 Å². The fourth-order valence-electron chi connectivity index (χ4n) is 3.70. The quantitative estimate of drug-likeness (QED) is 0.660. The fourth-order valence-corrected chi connectivity index (χ4v) is 3.70. The minimum Gasteiger partial charge on any atom is -0.375 e. The van der Waals surface area contributed by atoms with Gasteiger partial charge in [-0.05, 0) is 30.5 Å². The molecule has 1 atom stereocenters. The van der Waals surface area contributed by atoms with Gasteiger partial charge in [0.05, 0.1) is 12.7 Å². The number of carbonyl (C=O) groups excluding carboxylic acids is 3. The summed E-state index contributed by atoms with van der Waals surface area (Å²) in [6.07, 6.45) is 2.21. The largest absolute Gasteiger partial charge is 0.375 e. The molecule has 1 unspecified atom stereocenters. The van der Waals surface area contributed by atoms with Crippen molar-refractivity contribution in [2.45, 2.75) is 38.7 Å². The van der Waals surface area contributed by atoms with Gasteiger partial charge in [0.15, 0.2) is 5.78 Å². The molecule has 164 valence electrons. The van der Waals surface area contributed by atoms with E-state index in [1.165, 1.54) is 0 Å². The second-order valence-corrected chi connectivity index (χ2v) is 7.75. The summed E-state index contributed by atoms with van der Waals surface area (Å²) in [7, 11) is 1.55. The normalized spacial score (nSPS) is 16.1. The lowest BCUT2D eigenvalue weighted by Gasteiger charge is -2.32. The summed E-state index contributed by atoms with van der Waals surface area (Å²) >= 11 is 0. The van der Waals surface area contributed by atoms with Crippen molar-refractivity contribution < 1.29 is 19.1 Å². The average Bonchev–Trinajstić information content (AvgIpc) is 2.79. The van der Waals surface area contributed by atoms with E-state index in [1.807, 2.05) is 30.3 Å². The molecule has 0 radical (unpaired) electrons. The zero-order valence-electron chi connectivity index (χ0n) is 18.1. The molecule has 1 aliphatic rings. The van der Waals surface area contributed by atoms with Gasteiger partial charge in [0.25, 0.3) is 5.91 Å². The molecule has 0 bridgehead atoms. The van der Waals surface area contributed by atoms with E-state index in [4.69, 9.17) is 4.74 Å². The first kappa shape index (κ1) is 22.6. The first-order chi connectivity index (χ1) is 15.0. The molecule has 1 aliphatic heterocycles. The maximum absolute atomic E-state index is 12.9. The van der Waals surface area contributed by atoms with Crippen molar-refractivity contribution in [2.24, 2.45) is 0 Å². The van der Waals surface area contributed by atoms with E-state index in [9.17, 15) is 14.4 Å². The number of carbonyl (C=O) groups is 3. The molecule has 1 aromatic heterocycles. The second-order valence-electron chi connectivity index (χ2n) is 7.75. The molecule has 7 nitrogen and oxygen atoms in total. The minimum atomic E-state index is -0.316. The topological polar surface area (TPSA) is 88.6 Å². The van der Waals surface area contributed by atoms with Gasteiger partial charge in [0, 0.05) is 51.2 Å². The zero-order valence-corrected chi connectivity index (χ0v) is 18.1. The third-order valence-corrected chi connectivity index (χ3v) is 5.40. The number of ketones is 1. The van der Waals surface area contributed by atoms with E-state index in [-0.39, 0.29) is 29.4 Å². The predicted molar refractivity (Wildman–Crippen MR) is 117 cm³/mol. The molecule has 2 heterocycles. The first-order valence-electron chi connectivity index (χ1n) is 10.6. The highest BCUT2D eigenvalue weighted by atomic mass is 16.5. The van der Waals surface area contributed by atoms with Crippen molar-refractivity contribution in [3.8, 4) is 0 Å². The van der Waals surface area contributed by atoms with Crippen LogP contribution in [0.1, 0.15) is 58.3 Å². The number of Topliss-reactive ketones (excluding diaryl/α,β-unsaturated/α-hetero) is 1. The Hall–Kier alpha value is -3.06. The number of pyridine rings is 1. The molecule has 1 saturated heterocycles. The van der Waals surface area contributed by atoms with Crippen molar-refractivity contribution in [3.63, 3.8) is 0 Å². The van der Waals surface area contributed by atoms with Crippen molar-refractivity contribution in [1.29, 1.82) is 0 Å². The van der Waals surface area contributed by atoms with Crippen LogP contribution >= 0.6 is 0 Å². The molecule has 7 heteroatoms. The summed E-state index contributed by atoms with van der Waals surface area (Å²) < 4.78 is 5.73. The van der Waals surface area contributed by atoms with Crippen LogP contribution in [0.5, 0.6) is 0 Å². The Labute approximate surface area is 182 Å². The van der Waals surface area contributed by atoms with Gasteiger partial charge in [0.2, 0.25) is 5.91 Å². The van der Waals surface area contributed by atoms with Crippen LogP contribution in [0.25, 0.3) is 0 Å². The van der Waals surface area contributed by atoms with E-state index >= 15 is 0 Å². The smallest absolute Gasteiger partial charge is 0.269 e. The summed E-state index contributed by atoms with van der Waals surface area (Å²) in [6.45, 7) is 3.28. The van der Waals surface area contributed by atoms with Crippen LogP contribution in [-0.2, 0) is 16.0 Å². The van der Waals surface area contributed by atoms with E-state index in [2.05, 4.69) is 10.3 Å². The molecule has 3 rings (SSSR count). The van der Waals surface area contributed by atoms with Crippen molar-refractivity contribution >= 4 is 17.6 Å². The number of amides is 2. The van der Waals surface area contributed by atoms with Gasteiger partial charge in [-0.3, -0.25) is 14.4 Å². The van der Waals surface area contributed by atoms with Gasteiger partial charge < -0.3 is 15.0 Å². The summed E-state index contributed by atoms with van der Waals surface area (Å²) in [5, 5.41) is 2.58.